The van der Waals surface area contributed by atoms with Gasteiger partial charge in [-0.05, 0) is 30.3 Å². The van der Waals surface area contributed by atoms with E-state index in [2.05, 4.69) is 10.1 Å². The summed E-state index contributed by atoms with van der Waals surface area (Å²) in [6.45, 7) is 0. The van der Waals surface area contributed by atoms with E-state index in [1.807, 2.05) is 6.07 Å². The predicted octanol–water partition coefficient (Wildman–Crippen LogP) is 2.64. The molecule has 20 heavy (non-hydrogen) atoms. The summed E-state index contributed by atoms with van der Waals surface area (Å²) in [7, 11) is 1.32. The Hall–Kier alpha value is -2.56. The number of aryl methyl sites for hydroxylation is 1. The molecular weight excluding hydrogens is 258 g/mol. The van der Waals surface area contributed by atoms with Crippen LogP contribution in [0.3, 0.4) is 0 Å². The highest BCUT2D eigenvalue weighted by molar-refractivity contribution is 5.94. The second-order valence-corrected chi connectivity index (χ2v) is 4.20. The van der Waals surface area contributed by atoms with E-state index in [1.54, 1.807) is 36.6 Å². The number of nitrogens with one attached hydrogen (secondary N) is 1. The lowest BCUT2D eigenvalue weighted by Crippen LogP contribution is -2.12. The molecule has 0 aliphatic rings. The van der Waals surface area contributed by atoms with Crippen molar-refractivity contribution in [1.82, 2.24) is 0 Å². The third-order valence-electron chi connectivity index (χ3n) is 2.75. The average Bonchev–Trinajstić information content (AvgIpc) is 2.98. The summed E-state index contributed by atoms with van der Waals surface area (Å²) < 4.78 is 9.79. The number of hydrogen-bond donors (Lipinski definition) is 1. The summed E-state index contributed by atoms with van der Waals surface area (Å²) in [6, 6.07) is 10.2. The molecule has 0 unspecified atom stereocenters. The van der Waals surface area contributed by atoms with Crippen molar-refractivity contribution in [1.29, 1.82) is 0 Å². The van der Waals surface area contributed by atoms with Crippen LogP contribution in [0.1, 0.15) is 22.5 Å². The van der Waals surface area contributed by atoms with Crippen LogP contribution < -0.4 is 5.32 Å². The number of carbonyl (C=O) groups excluding carboxylic acids is 2. The molecule has 0 fully saturated rings. The zero-order valence-corrected chi connectivity index (χ0v) is 11.1. The standard InChI is InChI=1S/C15H15NO4/c1-19-15(18)11-4-2-5-12(10-11)16-14(17)8-7-13-6-3-9-20-13/h2-6,9-10H,7-8H2,1H3,(H,16,17). The molecule has 0 aliphatic carbocycles. The first kappa shape index (κ1) is 13.9. The maximum Gasteiger partial charge on any atom is 0.337 e. The Morgan fingerprint density at radius 3 is 2.80 bits per heavy atom. The number of furan rings is 1. The van der Waals surface area contributed by atoms with Crippen molar-refractivity contribution in [3.05, 3.63) is 54.0 Å². The van der Waals surface area contributed by atoms with E-state index in [9.17, 15) is 9.59 Å². The van der Waals surface area contributed by atoms with Crippen molar-refractivity contribution in [2.24, 2.45) is 0 Å². The lowest BCUT2D eigenvalue weighted by molar-refractivity contribution is -0.116. The molecule has 2 aromatic rings. The number of anilines is 1. The number of methoxy groups -OCH3 is 1. The van der Waals surface area contributed by atoms with E-state index >= 15 is 0 Å². The largest absolute Gasteiger partial charge is 0.469 e. The lowest BCUT2D eigenvalue weighted by atomic mass is 10.2. The van der Waals surface area contributed by atoms with Gasteiger partial charge in [-0.25, -0.2) is 4.79 Å². The number of amides is 1. The normalized spacial score (nSPS) is 10.1. The predicted molar refractivity (Wildman–Crippen MR) is 73.4 cm³/mol. The highest BCUT2D eigenvalue weighted by Gasteiger charge is 2.08. The van der Waals surface area contributed by atoms with Gasteiger partial charge in [0.1, 0.15) is 5.76 Å². The number of hydrogen-bond acceptors (Lipinski definition) is 4. The van der Waals surface area contributed by atoms with Gasteiger partial charge in [0, 0.05) is 18.5 Å². The minimum Gasteiger partial charge on any atom is -0.469 e. The monoisotopic (exact) mass is 273 g/mol. The van der Waals surface area contributed by atoms with Gasteiger partial charge in [0.05, 0.1) is 18.9 Å². The first-order chi connectivity index (χ1) is 9.69. The Morgan fingerprint density at radius 1 is 1.25 bits per heavy atom. The third kappa shape index (κ3) is 3.71. The Bertz CT molecular complexity index is 590. The fourth-order valence-electron chi connectivity index (χ4n) is 1.76. The summed E-state index contributed by atoms with van der Waals surface area (Å²) >= 11 is 0. The quantitative estimate of drug-likeness (QED) is 0.850. The molecule has 5 nitrogen and oxygen atoms in total. The fourth-order valence-corrected chi connectivity index (χ4v) is 1.76. The summed E-state index contributed by atoms with van der Waals surface area (Å²) in [5.74, 6) is 0.198. The Morgan fingerprint density at radius 2 is 2.10 bits per heavy atom. The molecule has 5 heteroatoms. The van der Waals surface area contributed by atoms with Crippen molar-refractivity contribution in [2.45, 2.75) is 12.8 Å². The molecule has 0 radical (unpaired) electrons. The van der Waals surface area contributed by atoms with Crippen LogP contribution in [-0.4, -0.2) is 19.0 Å². The van der Waals surface area contributed by atoms with Crippen molar-refractivity contribution in [3.63, 3.8) is 0 Å². The van der Waals surface area contributed by atoms with Crippen molar-refractivity contribution < 1.29 is 18.7 Å². The molecule has 0 bridgehead atoms. The highest BCUT2D eigenvalue weighted by Crippen LogP contribution is 2.12. The van der Waals surface area contributed by atoms with E-state index < -0.39 is 5.97 Å². The molecule has 0 saturated heterocycles. The Balaban J connectivity index is 1.92. The van der Waals surface area contributed by atoms with E-state index in [0.29, 0.717) is 24.1 Å². The van der Waals surface area contributed by atoms with Crippen LogP contribution in [0, 0.1) is 0 Å². The molecule has 104 valence electrons. The molecule has 1 aromatic carbocycles. The number of carbonyl (C=O) groups is 2. The zero-order chi connectivity index (χ0) is 14.4. The van der Waals surface area contributed by atoms with Crippen LogP contribution in [0.15, 0.2) is 47.1 Å². The first-order valence-electron chi connectivity index (χ1n) is 6.19. The van der Waals surface area contributed by atoms with Gasteiger partial charge in [-0.15, -0.1) is 0 Å². The maximum absolute atomic E-state index is 11.8. The molecule has 0 saturated carbocycles. The molecule has 2 rings (SSSR count). The van der Waals surface area contributed by atoms with Gasteiger partial charge in [-0.3, -0.25) is 4.79 Å². The van der Waals surface area contributed by atoms with Gasteiger partial charge < -0.3 is 14.5 Å². The van der Waals surface area contributed by atoms with E-state index in [4.69, 9.17) is 4.42 Å². The van der Waals surface area contributed by atoms with E-state index in [-0.39, 0.29) is 5.91 Å². The number of benzene rings is 1. The number of ether oxygens (including phenoxy) is 1. The summed E-state index contributed by atoms with van der Waals surface area (Å²) in [4.78, 5) is 23.2. The van der Waals surface area contributed by atoms with Crippen LogP contribution in [-0.2, 0) is 16.0 Å². The molecule has 0 atom stereocenters. The van der Waals surface area contributed by atoms with Gasteiger partial charge in [0.2, 0.25) is 5.91 Å². The van der Waals surface area contributed by atoms with Gasteiger partial charge in [-0.2, -0.15) is 0 Å². The SMILES string of the molecule is COC(=O)c1cccc(NC(=O)CCc2ccco2)c1. The topological polar surface area (TPSA) is 68.5 Å². The van der Waals surface area contributed by atoms with Crippen molar-refractivity contribution in [3.8, 4) is 0 Å². The number of esters is 1. The fraction of sp³-hybridized carbons (Fsp3) is 0.200. The van der Waals surface area contributed by atoms with Crippen LogP contribution in [0.5, 0.6) is 0 Å². The van der Waals surface area contributed by atoms with Gasteiger partial charge >= 0.3 is 5.97 Å². The smallest absolute Gasteiger partial charge is 0.337 e. The first-order valence-corrected chi connectivity index (χ1v) is 6.19. The van der Waals surface area contributed by atoms with Crippen molar-refractivity contribution >= 4 is 17.6 Å². The third-order valence-corrected chi connectivity index (χ3v) is 2.75. The Labute approximate surface area is 116 Å². The molecule has 1 amide bonds. The summed E-state index contributed by atoms with van der Waals surface area (Å²) in [5, 5.41) is 2.74. The second-order valence-electron chi connectivity index (χ2n) is 4.20. The molecule has 0 aliphatic heterocycles. The van der Waals surface area contributed by atoms with Crippen LogP contribution >= 0.6 is 0 Å². The summed E-state index contributed by atoms with van der Waals surface area (Å²) in [5.41, 5.74) is 0.966. The van der Waals surface area contributed by atoms with E-state index in [0.717, 1.165) is 5.76 Å². The van der Waals surface area contributed by atoms with Gasteiger partial charge in [0.15, 0.2) is 0 Å². The van der Waals surface area contributed by atoms with Crippen LogP contribution in [0.2, 0.25) is 0 Å². The molecule has 0 spiro atoms. The molecular formula is C15H15NO4. The maximum atomic E-state index is 11.8. The second kappa shape index (κ2) is 6.56. The van der Waals surface area contributed by atoms with Gasteiger partial charge in [0.25, 0.3) is 0 Å². The average molecular weight is 273 g/mol. The van der Waals surface area contributed by atoms with Crippen molar-refractivity contribution in [2.75, 3.05) is 12.4 Å². The van der Waals surface area contributed by atoms with Crippen LogP contribution in [0.4, 0.5) is 5.69 Å². The zero-order valence-electron chi connectivity index (χ0n) is 11.1. The molecule has 1 N–H and O–H groups in total. The minimum atomic E-state index is -0.434. The summed E-state index contributed by atoms with van der Waals surface area (Å²) in [6.07, 6.45) is 2.43. The van der Waals surface area contributed by atoms with Crippen LogP contribution in [0.25, 0.3) is 0 Å². The number of rotatable bonds is 5. The lowest BCUT2D eigenvalue weighted by Gasteiger charge is -2.06. The Kier molecular flexibility index (Phi) is 4.55. The van der Waals surface area contributed by atoms with Gasteiger partial charge in [-0.1, -0.05) is 6.07 Å². The molecule has 1 heterocycles. The van der Waals surface area contributed by atoms with E-state index in [1.165, 1.54) is 7.11 Å². The minimum absolute atomic E-state index is 0.136. The molecule has 1 aromatic heterocycles. The highest BCUT2D eigenvalue weighted by atomic mass is 16.5.